The van der Waals surface area contributed by atoms with Gasteiger partial charge in [0.25, 0.3) is 5.91 Å². The second-order valence-electron chi connectivity index (χ2n) is 7.48. The van der Waals surface area contributed by atoms with E-state index in [2.05, 4.69) is 25.6 Å². The summed E-state index contributed by atoms with van der Waals surface area (Å²) < 4.78 is 3.53. The summed E-state index contributed by atoms with van der Waals surface area (Å²) in [5.41, 5.74) is 5.02. The molecule has 152 valence electrons. The van der Waals surface area contributed by atoms with Gasteiger partial charge >= 0.3 is 0 Å². The molecule has 0 aliphatic carbocycles. The molecule has 3 aromatic heterocycles. The molecule has 1 amide bonds. The largest absolute Gasteiger partial charge is 0.350 e. The molecular weight excluding hydrogens is 378 g/mol. The van der Waals surface area contributed by atoms with E-state index in [1.165, 1.54) is 5.56 Å². The molecule has 0 fully saturated rings. The molecule has 0 aliphatic heterocycles. The van der Waals surface area contributed by atoms with E-state index in [1.807, 2.05) is 62.8 Å². The maximum absolute atomic E-state index is 12.1. The average Bonchev–Trinajstić information content (AvgIpc) is 3.35. The highest BCUT2D eigenvalue weighted by Crippen LogP contribution is 2.29. The molecule has 4 aromatic rings. The molecule has 8 heteroatoms. The van der Waals surface area contributed by atoms with Gasteiger partial charge in [0.2, 0.25) is 0 Å². The Morgan fingerprint density at radius 2 is 1.83 bits per heavy atom. The number of amides is 1. The molecule has 4 rings (SSSR count). The number of aromatic nitrogens is 6. The van der Waals surface area contributed by atoms with Gasteiger partial charge in [0.1, 0.15) is 29.2 Å². The third-order valence-electron chi connectivity index (χ3n) is 4.67. The van der Waals surface area contributed by atoms with Crippen LogP contribution >= 0.6 is 0 Å². The van der Waals surface area contributed by atoms with E-state index in [4.69, 9.17) is 0 Å². The fraction of sp³-hybridized carbons (Fsp3) is 0.227. The fourth-order valence-corrected chi connectivity index (χ4v) is 3.14. The first kappa shape index (κ1) is 19.5. The zero-order valence-corrected chi connectivity index (χ0v) is 17.4. The van der Waals surface area contributed by atoms with Crippen molar-refractivity contribution >= 4 is 5.91 Å². The Labute approximate surface area is 174 Å². The summed E-state index contributed by atoms with van der Waals surface area (Å²) in [6.45, 7) is 5.89. The van der Waals surface area contributed by atoms with Gasteiger partial charge in [0.05, 0.1) is 5.56 Å². The molecule has 0 spiro atoms. The molecule has 1 aromatic carbocycles. The molecule has 0 saturated heterocycles. The number of nitrogens with one attached hydrogen (secondary N) is 1. The number of nitrogens with zero attached hydrogens (tertiary/aromatic N) is 6. The lowest BCUT2D eigenvalue weighted by Gasteiger charge is -2.08. The third kappa shape index (κ3) is 3.84. The van der Waals surface area contributed by atoms with Gasteiger partial charge in [-0.25, -0.2) is 14.6 Å². The average molecular weight is 401 g/mol. The second kappa shape index (κ2) is 7.90. The highest BCUT2D eigenvalue weighted by molar-refractivity contribution is 5.94. The summed E-state index contributed by atoms with van der Waals surface area (Å²) in [6, 6.07) is 11.8. The van der Waals surface area contributed by atoms with Crippen molar-refractivity contribution in [3.8, 4) is 28.5 Å². The Bertz CT molecular complexity index is 1170. The minimum absolute atomic E-state index is 0.0728. The van der Waals surface area contributed by atoms with Crippen LogP contribution in [0.3, 0.4) is 0 Å². The van der Waals surface area contributed by atoms with Crippen LogP contribution in [0, 0.1) is 6.92 Å². The van der Waals surface area contributed by atoms with Crippen LogP contribution in [0.25, 0.3) is 28.5 Å². The van der Waals surface area contributed by atoms with Crippen molar-refractivity contribution in [2.24, 2.45) is 7.05 Å². The van der Waals surface area contributed by atoms with Gasteiger partial charge in [-0.15, -0.1) is 5.10 Å². The van der Waals surface area contributed by atoms with Gasteiger partial charge in [-0.05, 0) is 32.9 Å². The number of carbonyl (C=O) groups excluding carboxylic acids is 1. The van der Waals surface area contributed by atoms with Crippen molar-refractivity contribution in [2.45, 2.75) is 26.8 Å². The number of benzene rings is 1. The predicted octanol–water partition coefficient (Wildman–Crippen LogP) is 3.18. The Morgan fingerprint density at radius 3 is 2.50 bits per heavy atom. The Hall–Kier alpha value is -3.81. The van der Waals surface area contributed by atoms with Gasteiger partial charge in [0.15, 0.2) is 0 Å². The molecular formula is C22H23N7O. The van der Waals surface area contributed by atoms with Crippen LogP contribution in [0.5, 0.6) is 0 Å². The van der Waals surface area contributed by atoms with E-state index < -0.39 is 0 Å². The van der Waals surface area contributed by atoms with E-state index >= 15 is 0 Å². The number of carbonyl (C=O) groups is 1. The number of imidazole rings is 1. The van der Waals surface area contributed by atoms with Gasteiger partial charge in [-0.2, -0.15) is 0 Å². The summed E-state index contributed by atoms with van der Waals surface area (Å²) in [7, 11) is 1.85. The normalized spacial score (nSPS) is 11.1. The van der Waals surface area contributed by atoms with Crippen LogP contribution in [0.4, 0.5) is 0 Å². The lowest BCUT2D eigenvalue weighted by molar-refractivity contribution is 0.0943. The lowest BCUT2D eigenvalue weighted by Crippen LogP contribution is -2.30. The Balaban J connectivity index is 1.63. The van der Waals surface area contributed by atoms with Crippen molar-refractivity contribution < 1.29 is 4.79 Å². The van der Waals surface area contributed by atoms with Gasteiger partial charge in [0, 0.05) is 31.0 Å². The third-order valence-corrected chi connectivity index (χ3v) is 4.67. The zero-order chi connectivity index (χ0) is 21.3. The second-order valence-corrected chi connectivity index (χ2v) is 7.48. The number of hydrogen-bond acceptors (Lipinski definition) is 5. The molecule has 0 saturated carbocycles. The summed E-state index contributed by atoms with van der Waals surface area (Å²) in [5, 5.41) is 11.4. The minimum Gasteiger partial charge on any atom is -0.350 e. The first-order valence-electron chi connectivity index (χ1n) is 9.70. The van der Waals surface area contributed by atoms with Crippen molar-refractivity contribution in [3.63, 3.8) is 0 Å². The summed E-state index contributed by atoms with van der Waals surface area (Å²) in [4.78, 5) is 21.1. The maximum Gasteiger partial charge on any atom is 0.253 e. The van der Waals surface area contributed by atoms with Crippen molar-refractivity contribution in [2.75, 3.05) is 0 Å². The van der Waals surface area contributed by atoms with Crippen LogP contribution in [0.2, 0.25) is 0 Å². The van der Waals surface area contributed by atoms with Crippen LogP contribution in [-0.4, -0.2) is 41.5 Å². The van der Waals surface area contributed by atoms with Crippen molar-refractivity contribution in [3.05, 3.63) is 66.2 Å². The first-order valence-corrected chi connectivity index (χ1v) is 9.70. The monoisotopic (exact) mass is 401 g/mol. The molecule has 8 nitrogen and oxygen atoms in total. The SMILES string of the molecule is Cc1ccc(-c2nnn(C)c2-c2cn(-c3ccc(C(=O)NC(C)C)cn3)cn2)cc1. The zero-order valence-electron chi connectivity index (χ0n) is 17.4. The lowest BCUT2D eigenvalue weighted by atomic mass is 10.1. The smallest absolute Gasteiger partial charge is 0.253 e. The van der Waals surface area contributed by atoms with E-state index in [1.54, 1.807) is 29.3 Å². The van der Waals surface area contributed by atoms with E-state index in [0.717, 1.165) is 22.6 Å². The van der Waals surface area contributed by atoms with Crippen LogP contribution in [0.1, 0.15) is 29.8 Å². The highest BCUT2D eigenvalue weighted by atomic mass is 16.1. The van der Waals surface area contributed by atoms with Crippen LogP contribution < -0.4 is 5.32 Å². The van der Waals surface area contributed by atoms with E-state index in [0.29, 0.717) is 11.4 Å². The quantitative estimate of drug-likeness (QED) is 0.555. The van der Waals surface area contributed by atoms with Crippen molar-refractivity contribution in [1.82, 2.24) is 34.8 Å². The molecule has 1 N–H and O–H groups in total. The van der Waals surface area contributed by atoms with Gasteiger partial charge in [-0.1, -0.05) is 35.0 Å². The standard InChI is InChI=1S/C22H23N7O/c1-14(2)25-22(30)17-9-10-19(23-11-17)29-12-18(24-13-29)21-20(26-27-28(21)4)16-7-5-15(3)6-8-16/h5-14H,1-4H3,(H,25,30). The first-order chi connectivity index (χ1) is 14.4. The number of rotatable bonds is 5. The number of hydrogen-bond donors (Lipinski definition) is 1. The number of aryl methyl sites for hydroxylation is 2. The summed E-state index contributed by atoms with van der Waals surface area (Å²) >= 11 is 0. The molecule has 0 aliphatic rings. The molecule has 3 heterocycles. The minimum atomic E-state index is -0.140. The summed E-state index contributed by atoms with van der Waals surface area (Å²) in [6.07, 6.45) is 5.14. The number of pyridine rings is 1. The molecule has 0 radical (unpaired) electrons. The molecule has 0 atom stereocenters. The Kier molecular flexibility index (Phi) is 5.14. The molecule has 30 heavy (non-hydrogen) atoms. The predicted molar refractivity (Wildman–Crippen MR) is 114 cm³/mol. The van der Waals surface area contributed by atoms with E-state index in [9.17, 15) is 4.79 Å². The Morgan fingerprint density at radius 1 is 1.07 bits per heavy atom. The fourth-order valence-electron chi connectivity index (χ4n) is 3.14. The highest BCUT2D eigenvalue weighted by Gasteiger charge is 2.17. The van der Waals surface area contributed by atoms with Crippen LogP contribution in [0.15, 0.2) is 55.1 Å². The van der Waals surface area contributed by atoms with Gasteiger partial charge < -0.3 is 5.32 Å². The van der Waals surface area contributed by atoms with Crippen LogP contribution in [-0.2, 0) is 7.05 Å². The van der Waals surface area contributed by atoms with E-state index in [-0.39, 0.29) is 11.9 Å². The van der Waals surface area contributed by atoms with Gasteiger partial charge in [-0.3, -0.25) is 9.36 Å². The maximum atomic E-state index is 12.1. The topological polar surface area (TPSA) is 90.5 Å². The molecule has 0 bridgehead atoms. The van der Waals surface area contributed by atoms with Crippen molar-refractivity contribution in [1.29, 1.82) is 0 Å². The molecule has 0 unspecified atom stereocenters. The summed E-state index contributed by atoms with van der Waals surface area (Å²) in [5.74, 6) is 0.529.